The maximum atomic E-state index is 13.7. The minimum absolute atomic E-state index is 0.0331. The number of nitro benzene ring substituents is 1. The van der Waals surface area contributed by atoms with E-state index >= 15 is 0 Å². The lowest BCUT2D eigenvalue weighted by Gasteiger charge is -2.30. The van der Waals surface area contributed by atoms with Gasteiger partial charge in [-0.25, -0.2) is 4.90 Å². The van der Waals surface area contributed by atoms with E-state index < -0.39 is 40.2 Å². The van der Waals surface area contributed by atoms with Crippen molar-refractivity contribution in [2.75, 3.05) is 10.2 Å². The van der Waals surface area contributed by atoms with Gasteiger partial charge in [0.05, 0.1) is 22.4 Å². The van der Waals surface area contributed by atoms with Crippen molar-refractivity contribution in [3.8, 4) is 0 Å². The molecule has 3 aliphatic heterocycles. The molecule has 4 atom stereocenters. The Labute approximate surface area is 177 Å². The number of benzene rings is 2. The highest BCUT2D eigenvalue weighted by molar-refractivity contribution is 6.25. The van der Waals surface area contributed by atoms with Gasteiger partial charge in [-0.15, -0.1) is 0 Å². The lowest BCUT2D eigenvalue weighted by Crippen LogP contribution is -2.54. The molecule has 0 aliphatic carbocycles. The van der Waals surface area contributed by atoms with Crippen molar-refractivity contribution < 1.29 is 19.3 Å². The van der Waals surface area contributed by atoms with E-state index in [1.807, 2.05) is 13.8 Å². The molecule has 5 rings (SSSR count). The Morgan fingerprint density at radius 1 is 1.06 bits per heavy atom. The maximum absolute atomic E-state index is 13.7. The Morgan fingerprint density at radius 3 is 2.52 bits per heavy atom. The Balaban J connectivity index is 1.67. The van der Waals surface area contributed by atoms with Gasteiger partial charge in [-0.1, -0.05) is 38.1 Å². The van der Waals surface area contributed by atoms with Gasteiger partial charge in [0.15, 0.2) is 0 Å². The molecule has 2 N–H and O–H groups in total. The molecule has 158 valence electrons. The van der Waals surface area contributed by atoms with E-state index in [4.69, 9.17) is 0 Å². The second-order valence-corrected chi connectivity index (χ2v) is 8.51. The van der Waals surface area contributed by atoms with Crippen LogP contribution >= 0.6 is 0 Å². The highest BCUT2D eigenvalue weighted by Gasteiger charge is 2.70. The molecule has 0 aromatic heterocycles. The first kappa shape index (κ1) is 19.4. The van der Waals surface area contributed by atoms with Crippen molar-refractivity contribution in [3.63, 3.8) is 0 Å². The standard InChI is InChI=1S/C22H20N4O5/c1-11(2)18-16-17(22(24-18)14-8-3-4-9-15(14)23-21(22)29)20(28)25(19(16)27)12-6-5-7-13(10-12)26(30)31/h3-11,16-18,24H,1-2H3,(H,23,29). The summed E-state index contributed by atoms with van der Waals surface area (Å²) in [7, 11) is 0. The van der Waals surface area contributed by atoms with Crippen molar-refractivity contribution in [3.05, 3.63) is 64.2 Å². The minimum Gasteiger partial charge on any atom is -0.324 e. The van der Waals surface area contributed by atoms with Gasteiger partial charge in [0, 0.05) is 29.4 Å². The summed E-state index contributed by atoms with van der Waals surface area (Å²) >= 11 is 0. The Bertz CT molecular complexity index is 1160. The van der Waals surface area contributed by atoms with E-state index in [-0.39, 0.29) is 23.2 Å². The van der Waals surface area contributed by atoms with Crippen LogP contribution in [0.5, 0.6) is 0 Å². The molecular weight excluding hydrogens is 400 g/mol. The number of nitrogens with zero attached hydrogens (tertiary/aromatic N) is 2. The summed E-state index contributed by atoms with van der Waals surface area (Å²) in [5.41, 5.74) is -0.189. The number of amides is 3. The first-order valence-electron chi connectivity index (χ1n) is 10.1. The predicted octanol–water partition coefficient (Wildman–Crippen LogP) is 2.18. The molecule has 3 amide bonds. The number of fused-ring (bicyclic) bond motifs is 4. The zero-order valence-corrected chi connectivity index (χ0v) is 16.9. The lowest BCUT2D eigenvalue weighted by atomic mass is 9.76. The summed E-state index contributed by atoms with van der Waals surface area (Å²) in [6, 6.07) is 12.2. The Kier molecular flexibility index (Phi) is 4.03. The predicted molar refractivity (Wildman–Crippen MR) is 111 cm³/mol. The van der Waals surface area contributed by atoms with Gasteiger partial charge in [-0.05, 0) is 18.1 Å². The van der Waals surface area contributed by atoms with Crippen molar-refractivity contribution in [1.29, 1.82) is 0 Å². The second kappa shape index (κ2) is 6.45. The molecule has 4 unspecified atom stereocenters. The average Bonchev–Trinajstić information content (AvgIpc) is 3.33. The first-order valence-corrected chi connectivity index (χ1v) is 10.1. The number of hydrogen-bond donors (Lipinski definition) is 2. The number of anilines is 2. The van der Waals surface area contributed by atoms with E-state index in [0.717, 1.165) is 4.90 Å². The Hall–Kier alpha value is -3.59. The van der Waals surface area contributed by atoms with Crippen LogP contribution in [0.25, 0.3) is 0 Å². The van der Waals surface area contributed by atoms with Crippen LogP contribution in [0.15, 0.2) is 48.5 Å². The highest BCUT2D eigenvalue weighted by atomic mass is 16.6. The number of para-hydroxylation sites is 1. The van der Waals surface area contributed by atoms with Gasteiger partial charge in [-0.3, -0.25) is 29.8 Å². The van der Waals surface area contributed by atoms with Crippen molar-refractivity contribution in [1.82, 2.24) is 5.32 Å². The van der Waals surface area contributed by atoms with Gasteiger partial charge in [-0.2, -0.15) is 0 Å². The number of carbonyl (C=O) groups excluding carboxylic acids is 3. The molecule has 31 heavy (non-hydrogen) atoms. The molecule has 2 fully saturated rings. The van der Waals surface area contributed by atoms with Gasteiger partial charge in [0.1, 0.15) is 5.54 Å². The fourth-order valence-electron chi connectivity index (χ4n) is 5.26. The molecule has 3 aliphatic rings. The van der Waals surface area contributed by atoms with Crippen molar-refractivity contribution >= 4 is 34.8 Å². The molecule has 2 saturated heterocycles. The normalized spacial score (nSPS) is 28.9. The molecule has 9 heteroatoms. The quantitative estimate of drug-likeness (QED) is 0.446. The fourth-order valence-corrected chi connectivity index (χ4v) is 5.26. The number of non-ortho nitro benzene ring substituents is 1. The largest absolute Gasteiger partial charge is 0.324 e. The van der Waals surface area contributed by atoms with Crippen LogP contribution in [-0.2, 0) is 19.9 Å². The number of nitro groups is 1. The summed E-state index contributed by atoms with van der Waals surface area (Å²) in [6.45, 7) is 3.86. The second-order valence-electron chi connectivity index (χ2n) is 8.51. The van der Waals surface area contributed by atoms with E-state index in [2.05, 4.69) is 10.6 Å². The number of nitrogens with one attached hydrogen (secondary N) is 2. The molecule has 0 radical (unpaired) electrons. The van der Waals surface area contributed by atoms with Crippen LogP contribution in [0.4, 0.5) is 17.1 Å². The summed E-state index contributed by atoms with van der Waals surface area (Å²) in [4.78, 5) is 52.1. The molecule has 9 nitrogen and oxygen atoms in total. The maximum Gasteiger partial charge on any atom is 0.271 e. The van der Waals surface area contributed by atoms with Crippen LogP contribution in [0.2, 0.25) is 0 Å². The van der Waals surface area contributed by atoms with Gasteiger partial charge in [0.25, 0.3) is 5.69 Å². The van der Waals surface area contributed by atoms with Gasteiger partial charge in [0.2, 0.25) is 17.7 Å². The lowest BCUT2D eigenvalue weighted by molar-refractivity contribution is -0.384. The summed E-state index contributed by atoms with van der Waals surface area (Å²) < 4.78 is 0. The monoisotopic (exact) mass is 420 g/mol. The SMILES string of the molecule is CC(C)C1NC2(C(=O)Nc3ccccc32)C2C(=O)N(c3cccc([N+](=O)[O-])c3)C(=O)C12. The number of carbonyl (C=O) groups is 3. The molecule has 0 bridgehead atoms. The van der Waals surface area contributed by atoms with Crippen molar-refractivity contribution in [2.45, 2.75) is 25.4 Å². The van der Waals surface area contributed by atoms with E-state index in [1.54, 1.807) is 24.3 Å². The van der Waals surface area contributed by atoms with Crippen LogP contribution in [0.3, 0.4) is 0 Å². The number of rotatable bonds is 3. The van der Waals surface area contributed by atoms with Gasteiger partial charge >= 0.3 is 0 Å². The number of imide groups is 1. The smallest absolute Gasteiger partial charge is 0.271 e. The molecule has 3 heterocycles. The van der Waals surface area contributed by atoms with Gasteiger partial charge < -0.3 is 5.32 Å². The van der Waals surface area contributed by atoms with Crippen LogP contribution in [-0.4, -0.2) is 28.7 Å². The third-order valence-electron chi connectivity index (χ3n) is 6.57. The first-order chi connectivity index (χ1) is 14.8. The van der Waals surface area contributed by atoms with E-state index in [1.165, 1.54) is 24.3 Å². The summed E-state index contributed by atoms with van der Waals surface area (Å²) in [5.74, 6) is -3.09. The zero-order chi connectivity index (χ0) is 22.1. The van der Waals surface area contributed by atoms with Crippen molar-refractivity contribution in [2.24, 2.45) is 17.8 Å². The van der Waals surface area contributed by atoms with Crippen LogP contribution in [0, 0.1) is 27.9 Å². The summed E-state index contributed by atoms with van der Waals surface area (Å²) in [5, 5.41) is 17.4. The van der Waals surface area contributed by atoms with Crippen LogP contribution in [0.1, 0.15) is 19.4 Å². The van der Waals surface area contributed by atoms with E-state index in [0.29, 0.717) is 11.3 Å². The zero-order valence-electron chi connectivity index (χ0n) is 16.9. The molecule has 2 aromatic rings. The highest BCUT2D eigenvalue weighted by Crippen LogP contribution is 2.54. The topological polar surface area (TPSA) is 122 Å². The molecule has 1 spiro atoms. The fraction of sp³-hybridized carbons (Fsp3) is 0.318. The van der Waals surface area contributed by atoms with Crippen LogP contribution < -0.4 is 15.5 Å². The molecular formula is C22H20N4O5. The average molecular weight is 420 g/mol. The van der Waals surface area contributed by atoms with E-state index in [9.17, 15) is 24.5 Å². The summed E-state index contributed by atoms with van der Waals surface area (Å²) in [6.07, 6.45) is 0. The third kappa shape index (κ3) is 2.43. The molecule has 2 aromatic carbocycles. The Morgan fingerprint density at radius 2 is 1.81 bits per heavy atom. The third-order valence-corrected chi connectivity index (χ3v) is 6.57. The molecule has 0 saturated carbocycles. The number of hydrogen-bond acceptors (Lipinski definition) is 6. The minimum atomic E-state index is -1.36.